The predicted molar refractivity (Wildman–Crippen MR) is 290 cm³/mol. The molecular formula is C54H41F3N20O2. The summed E-state index contributed by atoms with van der Waals surface area (Å²) in [5.74, 6) is 0.867. The van der Waals surface area contributed by atoms with Gasteiger partial charge in [-0.25, -0.2) is 19.9 Å². The number of piperazine rings is 1. The second kappa shape index (κ2) is 19.8. The highest BCUT2D eigenvalue weighted by atomic mass is 19.4. The lowest BCUT2D eigenvalue weighted by molar-refractivity contribution is -0.141. The van der Waals surface area contributed by atoms with E-state index in [0.717, 1.165) is 44.1 Å². The Morgan fingerprint density at radius 1 is 0.557 bits per heavy atom. The zero-order valence-corrected chi connectivity index (χ0v) is 41.1. The molecule has 25 heteroatoms. The van der Waals surface area contributed by atoms with Crippen LogP contribution in [0.5, 0.6) is 0 Å². The van der Waals surface area contributed by atoms with Crippen molar-refractivity contribution >= 4 is 95.5 Å². The standard InChI is InChI=1S/C54H41F3N20O2/c55-54(56,57)49-42(68-52(78)43-19-29-1-3-31(21-40(29)66-43)50-58-11-9-47(70-50)64-35-5-7-38-33(17-35)24-62-73-38)23-37(72-75-49)28-76-13-15-77(16-14-76)46-27-61-60-26-45(46)69-53(79)44-20-30-2-4-32(22-41(30)67-44)51-59-12-10-48(71-51)65-36-6-8-39-34(18-36)25-63-74-39/h1-12,17-27,66-67H,13-16,28H2,(H,62,73)(H,63,74)(H,58,64,70)(H,59,65,71)(H,61,69,79)(H,68,72,78). The van der Waals surface area contributed by atoms with Crippen molar-refractivity contribution in [2.24, 2.45) is 0 Å². The number of aromatic amines is 4. The number of nitrogens with zero attached hydrogens (tertiary/aromatic N) is 12. The number of halogens is 3. The van der Waals surface area contributed by atoms with Gasteiger partial charge >= 0.3 is 6.18 Å². The summed E-state index contributed by atoms with van der Waals surface area (Å²) in [6.07, 6.45) is 4.92. The maximum atomic E-state index is 14.3. The SMILES string of the molecule is O=C(Nc1cnncc1N1CCN(Cc2cc(NC(=O)c3cc4ccc(-c5nccc(Nc6ccc7[nH]ncc7c6)n5)cc4[nH]3)c(C(F)(F)F)nn2)CC1)c1cc2ccc(-c3nccc(Nc4ccc5[nH]ncc5c4)n3)cc2[nH]1. The fraction of sp³-hybridized carbons (Fsp3) is 0.111. The quantitative estimate of drug-likeness (QED) is 0.0534. The monoisotopic (exact) mass is 1060 g/mol. The average molecular weight is 1060 g/mol. The van der Waals surface area contributed by atoms with Crippen molar-refractivity contribution in [3.63, 3.8) is 0 Å². The number of anilines is 7. The molecule has 9 heterocycles. The van der Waals surface area contributed by atoms with Crippen LogP contribution in [0, 0.1) is 0 Å². The minimum absolute atomic E-state index is 0.0282. The molecule has 1 saturated heterocycles. The molecule has 0 unspecified atom stereocenters. The first kappa shape index (κ1) is 48.0. The number of fused-ring (bicyclic) bond motifs is 4. The number of amides is 2. The van der Waals surface area contributed by atoms with E-state index < -0.39 is 29.4 Å². The molecule has 1 aliphatic heterocycles. The molecular weight excluding hydrogens is 1020 g/mol. The van der Waals surface area contributed by atoms with Crippen LogP contribution in [0.1, 0.15) is 32.4 Å². The van der Waals surface area contributed by atoms with Crippen LogP contribution in [0.3, 0.4) is 0 Å². The van der Waals surface area contributed by atoms with Crippen molar-refractivity contribution in [3.8, 4) is 22.8 Å². The van der Waals surface area contributed by atoms with Gasteiger partial charge in [-0.1, -0.05) is 24.3 Å². The minimum atomic E-state index is -4.91. The van der Waals surface area contributed by atoms with Crippen LogP contribution >= 0.6 is 0 Å². The zero-order valence-electron chi connectivity index (χ0n) is 41.1. The van der Waals surface area contributed by atoms with Crippen molar-refractivity contribution in [2.75, 3.05) is 52.3 Å². The van der Waals surface area contributed by atoms with Crippen LogP contribution in [0.25, 0.3) is 66.4 Å². The van der Waals surface area contributed by atoms with E-state index in [9.17, 15) is 22.8 Å². The Morgan fingerprint density at radius 3 is 1.68 bits per heavy atom. The second-order valence-corrected chi connectivity index (χ2v) is 18.7. The van der Waals surface area contributed by atoms with Crippen LogP contribution in [-0.2, 0) is 12.7 Å². The van der Waals surface area contributed by atoms with Crippen molar-refractivity contribution in [3.05, 3.63) is 163 Å². The van der Waals surface area contributed by atoms with Crippen LogP contribution < -0.4 is 26.2 Å². The largest absolute Gasteiger partial charge is 0.437 e. The molecule has 8 aromatic heterocycles. The van der Waals surface area contributed by atoms with Gasteiger partial charge in [0.05, 0.1) is 58.6 Å². The molecule has 0 saturated carbocycles. The number of rotatable bonds is 13. The predicted octanol–water partition coefficient (Wildman–Crippen LogP) is 9.23. The first-order valence-electron chi connectivity index (χ1n) is 24.7. The van der Waals surface area contributed by atoms with E-state index in [1.54, 1.807) is 73.4 Å². The Balaban J connectivity index is 0.645. The molecule has 1 aliphatic rings. The molecule has 0 aliphatic carbocycles. The van der Waals surface area contributed by atoms with Gasteiger partial charge in [0.25, 0.3) is 11.8 Å². The molecule has 0 atom stereocenters. The molecule has 1 fully saturated rings. The molecule has 2 amide bonds. The number of alkyl halides is 3. The highest BCUT2D eigenvalue weighted by Crippen LogP contribution is 2.35. The molecule has 79 heavy (non-hydrogen) atoms. The van der Waals surface area contributed by atoms with Gasteiger partial charge in [-0.2, -0.15) is 38.7 Å². The highest BCUT2D eigenvalue weighted by Gasteiger charge is 2.37. The summed E-state index contributed by atoms with van der Waals surface area (Å²) in [5.41, 5.74) is 5.91. The number of carbonyl (C=O) groups is 2. The summed E-state index contributed by atoms with van der Waals surface area (Å²) in [4.78, 5) is 56.1. The number of nitrogens with one attached hydrogen (secondary N) is 8. The molecule has 12 aromatic rings. The minimum Gasteiger partial charge on any atom is -0.366 e. The Kier molecular flexibility index (Phi) is 12.0. The van der Waals surface area contributed by atoms with E-state index in [1.807, 2.05) is 64.4 Å². The first-order chi connectivity index (χ1) is 38.5. The zero-order chi connectivity index (χ0) is 53.6. The van der Waals surface area contributed by atoms with Crippen LogP contribution in [0.2, 0.25) is 0 Å². The van der Waals surface area contributed by atoms with E-state index in [2.05, 4.69) is 87.0 Å². The van der Waals surface area contributed by atoms with Crippen molar-refractivity contribution in [1.82, 2.24) is 75.6 Å². The summed E-state index contributed by atoms with van der Waals surface area (Å²) < 4.78 is 43.0. The summed E-state index contributed by atoms with van der Waals surface area (Å²) >= 11 is 0. The Labute approximate surface area is 443 Å². The third-order valence-corrected chi connectivity index (χ3v) is 13.4. The first-order valence-corrected chi connectivity index (χ1v) is 24.7. The van der Waals surface area contributed by atoms with Gasteiger partial charge in [-0.05, 0) is 78.9 Å². The van der Waals surface area contributed by atoms with E-state index in [0.29, 0.717) is 88.5 Å². The van der Waals surface area contributed by atoms with E-state index in [1.165, 1.54) is 12.3 Å². The number of H-pyrrole nitrogens is 4. The van der Waals surface area contributed by atoms with Crippen LogP contribution in [0.15, 0.2) is 140 Å². The van der Waals surface area contributed by atoms with Crippen molar-refractivity contribution in [2.45, 2.75) is 12.7 Å². The summed E-state index contributed by atoms with van der Waals surface area (Å²) in [6.45, 7) is 2.03. The molecule has 22 nitrogen and oxygen atoms in total. The van der Waals surface area contributed by atoms with Gasteiger partial charge in [0.2, 0.25) is 0 Å². The average Bonchev–Trinajstić information content (AvgIpc) is 4.35. The van der Waals surface area contributed by atoms with Gasteiger partial charge in [0.15, 0.2) is 17.3 Å². The number of carbonyl (C=O) groups excluding carboxylic acids is 2. The van der Waals surface area contributed by atoms with E-state index >= 15 is 0 Å². The topological polar surface area (TPSA) is 281 Å². The van der Waals surface area contributed by atoms with Gasteiger partial charge in [-0.15, -0.1) is 5.10 Å². The van der Waals surface area contributed by atoms with E-state index in [4.69, 9.17) is 4.98 Å². The Bertz CT molecular complexity index is 4290. The maximum Gasteiger partial charge on any atom is 0.437 e. The smallest absolute Gasteiger partial charge is 0.366 e. The molecule has 0 spiro atoms. The normalized spacial score (nSPS) is 13.1. The molecule has 8 N–H and O–H groups in total. The van der Waals surface area contributed by atoms with Crippen LogP contribution in [0.4, 0.5) is 53.2 Å². The summed E-state index contributed by atoms with van der Waals surface area (Å²) in [5, 5.41) is 45.0. The Morgan fingerprint density at radius 2 is 1.11 bits per heavy atom. The lowest BCUT2D eigenvalue weighted by Gasteiger charge is -2.36. The fourth-order valence-electron chi connectivity index (χ4n) is 9.48. The lowest BCUT2D eigenvalue weighted by atomic mass is 10.1. The summed E-state index contributed by atoms with van der Waals surface area (Å²) in [6, 6.07) is 30.6. The molecule has 390 valence electrons. The van der Waals surface area contributed by atoms with Crippen molar-refractivity contribution < 1.29 is 22.8 Å². The molecule has 0 bridgehead atoms. The van der Waals surface area contributed by atoms with Gasteiger partial charge in [0, 0.05) is 100 Å². The Hall–Kier alpha value is -10.7. The molecule has 0 radical (unpaired) electrons. The summed E-state index contributed by atoms with van der Waals surface area (Å²) in [7, 11) is 0. The third-order valence-electron chi connectivity index (χ3n) is 13.4. The van der Waals surface area contributed by atoms with Gasteiger partial charge in [0.1, 0.15) is 23.0 Å². The van der Waals surface area contributed by atoms with E-state index in [-0.39, 0.29) is 17.9 Å². The maximum absolute atomic E-state index is 14.3. The lowest BCUT2D eigenvalue weighted by Crippen LogP contribution is -2.46. The molecule has 13 rings (SSSR count). The number of hydrogen-bond donors (Lipinski definition) is 8. The molecule has 4 aromatic carbocycles. The second-order valence-electron chi connectivity index (χ2n) is 18.7. The fourth-order valence-corrected chi connectivity index (χ4v) is 9.48. The van der Waals surface area contributed by atoms with Gasteiger partial charge < -0.3 is 36.1 Å². The third kappa shape index (κ3) is 10.0. The van der Waals surface area contributed by atoms with Crippen LogP contribution in [-0.4, -0.2) is 114 Å². The number of benzene rings is 4. The number of aromatic nitrogens is 14. The van der Waals surface area contributed by atoms with Gasteiger partial charge in [-0.3, -0.25) is 24.7 Å². The number of hydrogen-bond acceptors (Lipinski definition) is 16. The highest BCUT2D eigenvalue weighted by molar-refractivity contribution is 6.08. The van der Waals surface area contributed by atoms with Crippen molar-refractivity contribution in [1.29, 1.82) is 0 Å².